The highest BCUT2D eigenvalue weighted by Gasteiger charge is 2.44. The van der Waals surface area contributed by atoms with Gasteiger partial charge in [-0.25, -0.2) is 0 Å². The molecule has 1 atom stereocenters. The number of ether oxygens (including phenoxy) is 1. The Bertz CT molecular complexity index is 1770. The third kappa shape index (κ3) is 17.8. The maximum Gasteiger partial charge on any atom is 0.312 e. The number of carbonyl (C=O) groups is 3. The number of nitrogens with one attached hydrogen (secondary N) is 2. The number of nitrogens with zero attached hydrogens (tertiary/aromatic N) is 4. The fourth-order valence-corrected chi connectivity index (χ4v) is 9.49. The van der Waals surface area contributed by atoms with E-state index in [0.29, 0.717) is 31.8 Å². The summed E-state index contributed by atoms with van der Waals surface area (Å²) in [5.74, 6) is 6.32. The van der Waals surface area contributed by atoms with Crippen molar-refractivity contribution in [3.05, 3.63) is 75.7 Å². The predicted octanol–water partition coefficient (Wildman–Crippen LogP) is 10.8. The molecule has 2 N–H and O–H groups in total. The van der Waals surface area contributed by atoms with E-state index in [2.05, 4.69) is 70.3 Å². The number of amides is 2. The molecule has 1 aliphatic heterocycles. The molecule has 59 heavy (non-hydrogen) atoms. The molecule has 0 saturated heterocycles. The van der Waals surface area contributed by atoms with Gasteiger partial charge in [-0.3, -0.25) is 14.4 Å². The van der Waals surface area contributed by atoms with Crippen molar-refractivity contribution in [3.8, 4) is 11.8 Å². The van der Waals surface area contributed by atoms with Gasteiger partial charge >= 0.3 is 5.97 Å². The first-order valence-corrected chi connectivity index (χ1v) is 23.8. The van der Waals surface area contributed by atoms with Crippen LogP contribution in [0.5, 0.6) is 0 Å². The Morgan fingerprint density at radius 2 is 1.44 bits per heavy atom. The Kier molecular flexibility index (Phi) is 22.9. The number of benzene rings is 2. The number of anilines is 1. The van der Waals surface area contributed by atoms with E-state index >= 15 is 0 Å². The Morgan fingerprint density at radius 3 is 2.14 bits per heavy atom. The number of carbonyl (C=O) groups excluding carboxylic acids is 3. The first-order valence-electron chi connectivity index (χ1n) is 21.4. The van der Waals surface area contributed by atoms with Crippen molar-refractivity contribution >= 4 is 62.7 Å². The van der Waals surface area contributed by atoms with E-state index < -0.39 is 22.8 Å². The first-order chi connectivity index (χ1) is 28.4. The fraction of sp³-hybridized carbons (Fsp3) is 0.609. The van der Waals surface area contributed by atoms with Crippen LogP contribution in [-0.2, 0) is 25.7 Å². The molecule has 10 nitrogen and oxygen atoms in total. The number of unbranched alkanes of at least 4 members (excludes halogenated alkanes) is 11. The quantitative estimate of drug-likeness (QED) is 0.0172. The van der Waals surface area contributed by atoms with Crippen LogP contribution in [0.3, 0.4) is 0 Å². The molecule has 0 aliphatic carbocycles. The predicted molar refractivity (Wildman–Crippen MR) is 251 cm³/mol. The number of hydrogen-bond acceptors (Lipinski definition) is 9. The third-order valence-electron chi connectivity index (χ3n) is 10.7. The van der Waals surface area contributed by atoms with Gasteiger partial charge in [-0.2, -0.15) is 0 Å². The van der Waals surface area contributed by atoms with Gasteiger partial charge in [-0.1, -0.05) is 124 Å². The first kappa shape index (κ1) is 49.7. The van der Waals surface area contributed by atoms with E-state index in [9.17, 15) is 14.4 Å². The molecule has 0 spiro atoms. The summed E-state index contributed by atoms with van der Waals surface area (Å²) in [5.41, 5.74) is 10.6. The largest absolute Gasteiger partial charge is 0.463 e. The van der Waals surface area contributed by atoms with Crippen LogP contribution in [0.2, 0.25) is 0 Å². The number of thiocarbonyl (C=S) groups is 1. The van der Waals surface area contributed by atoms with Gasteiger partial charge in [-0.05, 0) is 88.4 Å². The molecule has 0 saturated carbocycles. The van der Waals surface area contributed by atoms with Crippen molar-refractivity contribution in [2.45, 2.75) is 130 Å². The van der Waals surface area contributed by atoms with Gasteiger partial charge in [0.1, 0.15) is 16.7 Å². The number of hydrogen-bond donors (Lipinski definition) is 2. The summed E-state index contributed by atoms with van der Waals surface area (Å²) in [6.07, 6.45) is 15.0. The number of fused-ring (bicyclic) bond motifs is 2. The van der Waals surface area contributed by atoms with Crippen molar-refractivity contribution in [3.63, 3.8) is 0 Å². The van der Waals surface area contributed by atoms with Crippen LogP contribution in [0.4, 0.5) is 5.69 Å². The van der Waals surface area contributed by atoms with Crippen molar-refractivity contribution < 1.29 is 19.1 Å². The summed E-state index contributed by atoms with van der Waals surface area (Å²) in [5, 5.41) is 9.06. The lowest BCUT2D eigenvalue weighted by atomic mass is 9.79. The Hall–Kier alpha value is -3.69. The number of para-hydroxylation sites is 1. The highest BCUT2D eigenvalue weighted by atomic mass is 32.2. The van der Waals surface area contributed by atoms with Gasteiger partial charge in [0, 0.05) is 41.4 Å². The molecule has 322 valence electrons. The van der Waals surface area contributed by atoms with E-state index in [1.54, 1.807) is 25.6 Å². The van der Waals surface area contributed by atoms with Gasteiger partial charge in [0.2, 0.25) is 11.8 Å². The van der Waals surface area contributed by atoms with E-state index in [0.717, 1.165) is 50.9 Å². The minimum Gasteiger partial charge on any atom is -0.463 e. The maximum atomic E-state index is 14.2. The van der Waals surface area contributed by atoms with Gasteiger partial charge in [0.25, 0.3) is 0 Å². The molecule has 1 unspecified atom stereocenters. The van der Waals surface area contributed by atoms with E-state index in [1.165, 1.54) is 69.5 Å². The van der Waals surface area contributed by atoms with Gasteiger partial charge in [0.15, 0.2) is 0 Å². The Morgan fingerprint density at radius 1 is 0.847 bits per heavy atom. The SMILES string of the molecule is CCCCCCCCCCCCSC(=S)SCC(C(=O)NCCCCCNC(=O)CN=[N+]=[N-])C(C)(C)C(=O)OCC(C)(C)N1Cc2ccccc2C#Cc2ccccc21. The molecule has 1 heterocycles. The van der Waals surface area contributed by atoms with E-state index in [1.807, 2.05) is 36.4 Å². The third-order valence-corrected chi connectivity index (χ3v) is 13.6. The number of azide groups is 1. The monoisotopic (exact) mass is 862 g/mol. The highest BCUT2D eigenvalue weighted by molar-refractivity contribution is 8.47. The molecular weight excluding hydrogens is 797 g/mol. The normalized spacial score (nSPS) is 12.7. The average molecular weight is 863 g/mol. The zero-order chi connectivity index (χ0) is 42.9. The lowest BCUT2D eigenvalue weighted by Gasteiger charge is -2.42. The van der Waals surface area contributed by atoms with E-state index in [-0.39, 0.29) is 25.0 Å². The van der Waals surface area contributed by atoms with Crippen LogP contribution in [0.1, 0.15) is 135 Å². The minimum atomic E-state index is -1.15. The van der Waals surface area contributed by atoms with Crippen LogP contribution in [0, 0.1) is 23.2 Å². The fourth-order valence-electron chi connectivity index (χ4n) is 6.86. The Labute approximate surface area is 367 Å². The molecule has 0 radical (unpaired) electrons. The molecule has 1 aliphatic rings. The summed E-state index contributed by atoms with van der Waals surface area (Å²) in [6.45, 7) is 11.3. The number of rotatable bonds is 27. The van der Waals surface area contributed by atoms with Crippen molar-refractivity contribution in [1.82, 2.24) is 10.6 Å². The second-order valence-corrected chi connectivity index (χ2v) is 19.7. The smallest absolute Gasteiger partial charge is 0.312 e. The van der Waals surface area contributed by atoms with Crippen molar-refractivity contribution in [2.24, 2.45) is 16.4 Å². The molecular formula is C46H66N6O4S3. The lowest BCUT2D eigenvalue weighted by molar-refractivity contribution is -0.161. The molecule has 13 heteroatoms. The average Bonchev–Trinajstić information content (AvgIpc) is 3.21. The van der Waals surface area contributed by atoms with Gasteiger partial charge < -0.3 is 20.3 Å². The highest BCUT2D eigenvalue weighted by Crippen LogP contribution is 2.36. The molecule has 2 aromatic carbocycles. The van der Waals surface area contributed by atoms with Crippen LogP contribution in [0.15, 0.2) is 53.6 Å². The summed E-state index contributed by atoms with van der Waals surface area (Å²) >= 11 is 8.90. The molecule has 0 bridgehead atoms. The summed E-state index contributed by atoms with van der Waals surface area (Å²) in [6, 6.07) is 16.2. The van der Waals surface area contributed by atoms with Crippen LogP contribution < -0.4 is 15.5 Å². The van der Waals surface area contributed by atoms with E-state index in [4.69, 9.17) is 22.5 Å². The zero-order valence-corrected chi connectivity index (χ0v) is 38.4. The Balaban J connectivity index is 1.61. The summed E-state index contributed by atoms with van der Waals surface area (Å²) < 4.78 is 6.97. The number of esters is 1. The molecule has 2 aromatic rings. The molecule has 3 rings (SSSR count). The number of thioether (sulfide) groups is 2. The van der Waals surface area contributed by atoms with Crippen molar-refractivity contribution in [2.75, 3.05) is 42.6 Å². The van der Waals surface area contributed by atoms with Crippen molar-refractivity contribution in [1.29, 1.82) is 0 Å². The van der Waals surface area contributed by atoms with Crippen LogP contribution in [-0.4, -0.2) is 64.6 Å². The summed E-state index contributed by atoms with van der Waals surface area (Å²) in [4.78, 5) is 44.6. The standard InChI is InChI=1S/C46H66N6O4S3/c1-6-7-8-9-10-11-12-13-14-22-31-58-44(57)59-34-39(42(54)49-30-21-15-20-29-48-41(53)32-50-51-47)46(4,5)43(55)56-35-45(2,3)52-33-38-25-17-16-23-36(38)27-28-37-24-18-19-26-40(37)52/h16-19,23-26,39H,6-15,20-22,29-35H2,1-5H3,(H,48,53)(H,49,54). The van der Waals surface area contributed by atoms with Gasteiger partial charge in [-0.15, -0.1) is 23.5 Å². The molecule has 0 aromatic heterocycles. The van der Waals surface area contributed by atoms with Crippen LogP contribution >= 0.6 is 35.7 Å². The van der Waals surface area contributed by atoms with Gasteiger partial charge in [0.05, 0.1) is 22.6 Å². The topological polar surface area (TPSA) is 136 Å². The molecule has 0 fully saturated rings. The molecule has 2 amide bonds. The second-order valence-electron chi connectivity index (χ2n) is 16.4. The zero-order valence-electron chi connectivity index (χ0n) is 36.0. The minimum absolute atomic E-state index is 0.104. The summed E-state index contributed by atoms with van der Waals surface area (Å²) in [7, 11) is 0. The lowest BCUT2D eigenvalue weighted by Crippen LogP contribution is -2.50. The van der Waals surface area contributed by atoms with Crippen LogP contribution in [0.25, 0.3) is 10.4 Å². The second kappa shape index (κ2) is 27.2. The maximum absolute atomic E-state index is 14.2.